The molecule has 1 aromatic heterocycles. The lowest BCUT2D eigenvalue weighted by molar-refractivity contribution is 0.158. The molecule has 1 aliphatic heterocycles. The molecule has 0 amide bonds. The molecule has 0 saturated carbocycles. The highest BCUT2D eigenvalue weighted by molar-refractivity contribution is 5.95. The summed E-state index contributed by atoms with van der Waals surface area (Å²) in [4.78, 5) is 11.9. The van der Waals surface area contributed by atoms with E-state index in [0.717, 1.165) is 22.1 Å². The number of ether oxygens (including phenoxy) is 2. The van der Waals surface area contributed by atoms with Gasteiger partial charge in [-0.15, -0.1) is 0 Å². The summed E-state index contributed by atoms with van der Waals surface area (Å²) in [5, 5.41) is 0.798. The van der Waals surface area contributed by atoms with Crippen LogP contribution in [0.1, 0.15) is 30.5 Å². The first-order valence-electron chi connectivity index (χ1n) is 8.59. The standard InChI is InChI=1S/C22H20O4/c1-14-11-19(23)25-21-16-9-10-22(2,3)26-17(16)12-18(20(14)21)24-13-15-7-5-4-6-8-15/h4-12H,13H2,1-3H3. The number of benzene rings is 2. The molecule has 0 aliphatic carbocycles. The highest BCUT2D eigenvalue weighted by Crippen LogP contribution is 2.41. The van der Waals surface area contributed by atoms with Crippen molar-refractivity contribution in [3.8, 4) is 11.5 Å². The van der Waals surface area contributed by atoms with Gasteiger partial charge in [0.25, 0.3) is 0 Å². The largest absolute Gasteiger partial charge is 0.488 e. The lowest BCUT2D eigenvalue weighted by Crippen LogP contribution is -2.27. The van der Waals surface area contributed by atoms with Crippen LogP contribution in [0.4, 0.5) is 0 Å². The highest BCUT2D eigenvalue weighted by Gasteiger charge is 2.26. The van der Waals surface area contributed by atoms with Gasteiger partial charge >= 0.3 is 5.63 Å². The number of hydrogen-bond acceptors (Lipinski definition) is 4. The quantitative estimate of drug-likeness (QED) is 0.634. The van der Waals surface area contributed by atoms with Gasteiger partial charge in [-0.3, -0.25) is 0 Å². The van der Waals surface area contributed by atoms with Gasteiger partial charge in [0.2, 0.25) is 0 Å². The predicted octanol–water partition coefficient (Wildman–Crippen LogP) is 4.86. The zero-order chi connectivity index (χ0) is 18.3. The Balaban J connectivity index is 1.87. The molecule has 0 fully saturated rings. The van der Waals surface area contributed by atoms with E-state index >= 15 is 0 Å². The van der Waals surface area contributed by atoms with E-state index in [9.17, 15) is 4.79 Å². The maximum absolute atomic E-state index is 11.9. The third-order valence-corrected chi connectivity index (χ3v) is 4.44. The van der Waals surface area contributed by atoms with Gasteiger partial charge in [0.15, 0.2) is 5.58 Å². The molecule has 4 heteroatoms. The summed E-state index contributed by atoms with van der Waals surface area (Å²) in [5.74, 6) is 1.30. The summed E-state index contributed by atoms with van der Waals surface area (Å²) >= 11 is 0. The molecule has 132 valence electrons. The van der Waals surface area contributed by atoms with Crippen LogP contribution in [-0.2, 0) is 6.61 Å². The van der Waals surface area contributed by atoms with Gasteiger partial charge in [-0.2, -0.15) is 0 Å². The van der Waals surface area contributed by atoms with E-state index < -0.39 is 5.60 Å². The maximum atomic E-state index is 11.9. The van der Waals surface area contributed by atoms with E-state index in [2.05, 4.69) is 0 Å². The van der Waals surface area contributed by atoms with Crippen LogP contribution < -0.4 is 15.1 Å². The smallest absolute Gasteiger partial charge is 0.336 e. The van der Waals surface area contributed by atoms with Crippen LogP contribution >= 0.6 is 0 Å². The first-order chi connectivity index (χ1) is 12.4. The van der Waals surface area contributed by atoms with Crippen molar-refractivity contribution in [1.29, 1.82) is 0 Å². The predicted molar refractivity (Wildman–Crippen MR) is 102 cm³/mol. The average Bonchev–Trinajstić information content (AvgIpc) is 2.59. The van der Waals surface area contributed by atoms with Crippen molar-refractivity contribution < 1.29 is 13.9 Å². The van der Waals surface area contributed by atoms with E-state index in [1.807, 2.05) is 69.3 Å². The van der Waals surface area contributed by atoms with Crippen LogP contribution in [0.25, 0.3) is 17.0 Å². The molecule has 0 unspecified atom stereocenters. The van der Waals surface area contributed by atoms with Gasteiger partial charge in [0.05, 0.1) is 10.9 Å². The number of aryl methyl sites for hydroxylation is 1. The summed E-state index contributed by atoms with van der Waals surface area (Å²) in [6.45, 7) is 6.27. The topological polar surface area (TPSA) is 48.7 Å². The van der Waals surface area contributed by atoms with Crippen LogP contribution in [0, 0.1) is 6.92 Å². The SMILES string of the molecule is Cc1cc(=O)oc2c3c(cc(OCc4ccccc4)c12)OC(C)(C)C=C3. The van der Waals surface area contributed by atoms with Gasteiger partial charge in [-0.1, -0.05) is 30.3 Å². The van der Waals surface area contributed by atoms with Crippen molar-refractivity contribution in [2.75, 3.05) is 0 Å². The van der Waals surface area contributed by atoms with E-state index in [-0.39, 0.29) is 5.63 Å². The Morgan fingerprint density at radius 3 is 2.65 bits per heavy atom. The summed E-state index contributed by atoms with van der Waals surface area (Å²) in [6.07, 6.45) is 3.91. The molecule has 0 N–H and O–H groups in total. The van der Waals surface area contributed by atoms with Gasteiger partial charge in [-0.05, 0) is 44.1 Å². The van der Waals surface area contributed by atoms with E-state index in [4.69, 9.17) is 13.9 Å². The molecule has 2 heterocycles. The Labute approximate surface area is 151 Å². The first kappa shape index (κ1) is 16.5. The fourth-order valence-electron chi connectivity index (χ4n) is 3.18. The van der Waals surface area contributed by atoms with E-state index in [1.54, 1.807) is 0 Å². The van der Waals surface area contributed by atoms with Crippen LogP contribution in [0.15, 0.2) is 57.8 Å². The van der Waals surface area contributed by atoms with Gasteiger partial charge in [0.1, 0.15) is 23.7 Å². The van der Waals surface area contributed by atoms with Crippen molar-refractivity contribution in [2.45, 2.75) is 33.0 Å². The number of rotatable bonds is 3. The minimum absolute atomic E-state index is 0.379. The Morgan fingerprint density at radius 1 is 1.12 bits per heavy atom. The third-order valence-electron chi connectivity index (χ3n) is 4.44. The molecular formula is C22H20O4. The summed E-state index contributed by atoms with van der Waals surface area (Å²) in [6, 6.07) is 13.3. The fraction of sp³-hybridized carbons (Fsp3) is 0.227. The molecule has 0 spiro atoms. The molecule has 0 bridgehead atoms. The van der Waals surface area contributed by atoms with Crippen molar-refractivity contribution in [3.63, 3.8) is 0 Å². The molecule has 2 aromatic carbocycles. The molecular weight excluding hydrogens is 328 g/mol. The lowest BCUT2D eigenvalue weighted by Gasteiger charge is -2.28. The first-order valence-corrected chi connectivity index (χ1v) is 8.59. The summed E-state index contributed by atoms with van der Waals surface area (Å²) < 4.78 is 17.7. The normalized spacial score (nSPS) is 14.7. The van der Waals surface area contributed by atoms with Crippen LogP contribution in [0.3, 0.4) is 0 Å². The van der Waals surface area contributed by atoms with Gasteiger partial charge < -0.3 is 13.9 Å². The van der Waals surface area contributed by atoms with Crippen molar-refractivity contribution in [3.05, 3.63) is 75.7 Å². The Kier molecular flexibility index (Phi) is 3.83. The summed E-state index contributed by atoms with van der Waals surface area (Å²) in [7, 11) is 0. The Morgan fingerprint density at radius 2 is 1.88 bits per heavy atom. The number of hydrogen-bond donors (Lipinski definition) is 0. The van der Waals surface area contributed by atoms with E-state index in [1.165, 1.54) is 6.07 Å². The average molecular weight is 348 g/mol. The summed E-state index contributed by atoms with van der Waals surface area (Å²) in [5.41, 5.74) is 2.35. The molecule has 0 atom stereocenters. The van der Waals surface area contributed by atoms with Crippen LogP contribution in [0.5, 0.6) is 11.5 Å². The van der Waals surface area contributed by atoms with Crippen LogP contribution in [-0.4, -0.2) is 5.60 Å². The van der Waals surface area contributed by atoms with Crippen molar-refractivity contribution in [1.82, 2.24) is 0 Å². The second-order valence-electron chi connectivity index (χ2n) is 7.05. The monoisotopic (exact) mass is 348 g/mol. The number of fused-ring (bicyclic) bond motifs is 3. The van der Waals surface area contributed by atoms with Gasteiger partial charge in [-0.25, -0.2) is 4.79 Å². The third kappa shape index (κ3) is 2.99. The lowest BCUT2D eigenvalue weighted by atomic mass is 9.99. The second kappa shape index (κ2) is 6.06. The zero-order valence-electron chi connectivity index (χ0n) is 15.0. The molecule has 4 rings (SSSR count). The molecule has 0 saturated heterocycles. The fourth-order valence-corrected chi connectivity index (χ4v) is 3.18. The zero-order valence-corrected chi connectivity index (χ0v) is 15.0. The van der Waals surface area contributed by atoms with Crippen LogP contribution in [0.2, 0.25) is 0 Å². The molecule has 0 radical (unpaired) electrons. The minimum atomic E-state index is -0.429. The molecule has 1 aliphatic rings. The molecule has 4 nitrogen and oxygen atoms in total. The van der Waals surface area contributed by atoms with Crippen molar-refractivity contribution in [2.24, 2.45) is 0 Å². The Hall–Kier alpha value is -3.01. The molecule has 3 aromatic rings. The Bertz CT molecular complexity index is 1060. The highest BCUT2D eigenvalue weighted by atomic mass is 16.5. The maximum Gasteiger partial charge on any atom is 0.336 e. The van der Waals surface area contributed by atoms with Crippen molar-refractivity contribution >= 4 is 17.0 Å². The molecule has 26 heavy (non-hydrogen) atoms. The minimum Gasteiger partial charge on any atom is -0.488 e. The van der Waals surface area contributed by atoms with E-state index in [0.29, 0.717) is 23.7 Å². The second-order valence-corrected chi connectivity index (χ2v) is 7.05. The van der Waals surface area contributed by atoms with Gasteiger partial charge in [0, 0.05) is 12.1 Å².